The van der Waals surface area contributed by atoms with Gasteiger partial charge in [-0.2, -0.15) is 15.1 Å². The molecule has 2 saturated heterocycles. The van der Waals surface area contributed by atoms with Gasteiger partial charge in [0.1, 0.15) is 11.6 Å². The molecule has 0 unspecified atom stereocenters. The monoisotopic (exact) mass is 352 g/mol. The van der Waals surface area contributed by atoms with E-state index < -0.39 is 0 Å². The van der Waals surface area contributed by atoms with Crippen molar-refractivity contribution >= 4 is 23.8 Å². The number of rotatable bonds is 5. The fourth-order valence-corrected chi connectivity index (χ4v) is 3.41. The third-order valence-corrected chi connectivity index (χ3v) is 4.84. The molecule has 136 valence electrons. The third-order valence-electron chi connectivity index (χ3n) is 4.84. The lowest BCUT2D eigenvalue weighted by atomic mass is 10.2. The minimum absolute atomic E-state index is 0.205. The second kappa shape index (κ2) is 7.59. The van der Waals surface area contributed by atoms with Crippen LogP contribution in [-0.2, 0) is 0 Å². The number of phenolic OH excluding ortho intramolecular Hbond substituents is 1. The molecule has 0 atom stereocenters. The Labute approximate surface area is 153 Å². The number of hydrogen-bond acceptors (Lipinski definition) is 7. The largest absolute Gasteiger partial charge is 0.507 e. The summed E-state index contributed by atoms with van der Waals surface area (Å²) in [6, 6.07) is 9.06. The summed E-state index contributed by atoms with van der Waals surface area (Å²) < 4.78 is 0. The third kappa shape index (κ3) is 3.71. The fourth-order valence-electron chi connectivity index (χ4n) is 3.41. The van der Waals surface area contributed by atoms with Gasteiger partial charge in [0.15, 0.2) is 5.82 Å². The van der Waals surface area contributed by atoms with Crippen LogP contribution in [0.15, 0.2) is 35.4 Å². The number of para-hydroxylation sites is 1. The molecule has 0 saturated carbocycles. The molecule has 0 spiro atoms. The molecule has 2 aliphatic rings. The lowest BCUT2D eigenvalue weighted by Crippen LogP contribution is -2.24. The lowest BCUT2D eigenvalue weighted by Gasteiger charge is -2.21. The number of hydrazone groups is 1. The highest BCUT2D eigenvalue weighted by Gasteiger charge is 2.20. The molecule has 3 heterocycles. The van der Waals surface area contributed by atoms with E-state index in [-0.39, 0.29) is 5.75 Å². The molecule has 2 N–H and O–H groups in total. The first kappa shape index (κ1) is 16.6. The Morgan fingerprint density at radius 2 is 1.65 bits per heavy atom. The lowest BCUT2D eigenvalue weighted by molar-refractivity contribution is 0.474. The molecule has 7 heteroatoms. The van der Waals surface area contributed by atoms with E-state index in [1.54, 1.807) is 18.3 Å². The maximum Gasteiger partial charge on any atom is 0.229 e. The van der Waals surface area contributed by atoms with E-state index in [1.807, 2.05) is 18.2 Å². The van der Waals surface area contributed by atoms with Crippen molar-refractivity contribution in [2.75, 3.05) is 41.4 Å². The number of nitrogens with zero attached hydrogens (tertiary/aromatic N) is 5. The summed E-state index contributed by atoms with van der Waals surface area (Å²) in [6.07, 6.45) is 6.38. The standard InChI is InChI=1S/C19H24N6O/c26-16-8-2-1-7-15(16)14-20-23-17-13-18(24-9-3-4-10-24)22-19(21-17)25-11-5-6-12-25/h1-2,7-8,13-14,26H,3-6,9-12H2,(H,21,22,23)/b20-14+. The Hall–Kier alpha value is -2.83. The van der Waals surface area contributed by atoms with Crippen molar-refractivity contribution in [3.8, 4) is 5.75 Å². The summed E-state index contributed by atoms with van der Waals surface area (Å²) in [5, 5.41) is 14.1. The average molecular weight is 352 g/mol. The molecule has 0 bridgehead atoms. The Morgan fingerprint density at radius 3 is 2.38 bits per heavy atom. The molecule has 7 nitrogen and oxygen atoms in total. The van der Waals surface area contributed by atoms with Crippen molar-refractivity contribution in [3.05, 3.63) is 35.9 Å². The zero-order valence-electron chi connectivity index (χ0n) is 14.8. The first-order valence-electron chi connectivity index (χ1n) is 9.26. The molecule has 0 amide bonds. The van der Waals surface area contributed by atoms with Crippen LogP contribution in [0.2, 0.25) is 0 Å². The van der Waals surface area contributed by atoms with Gasteiger partial charge < -0.3 is 14.9 Å². The Bertz CT molecular complexity index is 747. The van der Waals surface area contributed by atoms with Gasteiger partial charge in [-0.3, -0.25) is 5.43 Å². The second-order valence-corrected chi connectivity index (χ2v) is 6.73. The molecular weight excluding hydrogens is 328 g/mol. The van der Waals surface area contributed by atoms with Crippen molar-refractivity contribution in [2.24, 2.45) is 5.10 Å². The minimum Gasteiger partial charge on any atom is -0.507 e. The van der Waals surface area contributed by atoms with Gasteiger partial charge in [-0.15, -0.1) is 0 Å². The molecule has 26 heavy (non-hydrogen) atoms. The van der Waals surface area contributed by atoms with E-state index in [9.17, 15) is 5.11 Å². The number of aromatic hydroxyl groups is 1. The maximum atomic E-state index is 9.83. The highest BCUT2D eigenvalue weighted by Crippen LogP contribution is 2.25. The first-order valence-corrected chi connectivity index (χ1v) is 9.26. The summed E-state index contributed by atoms with van der Waals surface area (Å²) in [4.78, 5) is 14.0. The van der Waals surface area contributed by atoms with Gasteiger partial charge in [0.05, 0.1) is 6.21 Å². The average Bonchev–Trinajstić information content (AvgIpc) is 3.37. The number of benzene rings is 1. The van der Waals surface area contributed by atoms with Gasteiger partial charge in [-0.1, -0.05) is 12.1 Å². The van der Waals surface area contributed by atoms with Crippen molar-refractivity contribution in [3.63, 3.8) is 0 Å². The van der Waals surface area contributed by atoms with Crippen LogP contribution < -0.4 is 15.2 Å². The van der Waals surface area contributed by atoms with Gasteiger partial charge >= 0.3 is 0 Å². The highest BCUT2D eigenvalue weighted by atomic mass is 16.3. The summed E-state index contributed by atoms with van der Waals surface area (Å²) in [5.74, 6) is 2.61. The predicted molar refractivity (Wildman–Crippen MR) is 104 cm³/mol. The molecular formula is C19H24N6O. The molecule has 2 aliphatic heterocycles. The zero-order valence-corrected chi connectivity index (χ0v) is 14.8. The SMILES string of the molecule is Oc1ccccc1/C=N/Nc1cc(N2CCCC2)nc(N2CCCC2)n1. The van der Waals surface area contributed by atoms with Crippen LogP contribution in [0.5, 0.6) is 5.75 Å². The molecule has 2 aromatic rings. The summed E-state index contributed by atoms with van der Waals surface area (Å²) in [6.45, 7) is 4.09. The Morgan fingerprint density at radius 1 is 0.962 bits per heavy atom. The van der Waals surface area contributed by atoms with Crippen molar-refractivity contribution < 1.29 is 5.11 Å². The first-order chi connectivity index (χ1) is 12.8. The van der Waals surface area contributed by atoms with Crippen LogP contribution in [0.4, 0.5) is 17.6 Å². The number of anilines is 3. The molecule has 2 fully saturated rings. The molecule has 0 radical (unpaired) electrons. The number of aromatic nitrogens is 2. The van der Waals surface area contributed by atoms with Crippen molar-refractivity contribution in [1.82, 2.24) is 9.97 Å². The van der Waals surface area contributed by atoms with Crippen molar-refractivity contribution in [2.45, 2.75) is 25.7 Å². The molecule has 1 aromatic heterocycles. The zero-order chi connectivity index (χ0) is 17.8. The van der Waals surface area contributed by atoms with Crippen LogP contribution in [0.1, 0.15) is 31.2 Å². The normalized spacial score (nSPS) is 17.4. The summed E-state index contributed by atoms with van der Waals surface area (Å²) in [7, 11) is 0. The van der Waals surface area contributed by atoms with E-state index in [2.05, 4.69) is 25.3 Å². The predicted octanol–water partition coefficient (Wildman–Crippen LogP) is 2.83. The van der Waals surface area contributed by atoms with E-state index in [4.69, 9.17) is 4.98 Å². The molecule has 1 aromatic carbocycles. The summed E-state index contributed by atoms with van der Waals surface area (Å²) >= 11 is 0. The quantitative estimate of drug-likeness (QED) is 0.636. The van der Waals surface area contributed by atoms with E-state index in [1.165, 1.54) is 25.7 Å². The fraction of sp³-hybridized carbons (Fsp3) is 0.421. The van der Waals surface area contributed by atoms with Gasteiger partial charge in [0.2, 0.25) is 5.95 Å². The number of hydrogen-bond donors (Lipinski definition) is 2. The van der Waals surface area contributed by atoms with Gasteiger partial charge in [-0.25, -0.2) is 0 Å². The van der Waals surface area contributed by atoms with Gasteiger partial charge in [-0.05, 0) is 37.8 Å². The second-order valence-electron chi connectivity index (χ2n) is 6.73. The van der Waals surface area contributed by atoms with Crippen LogP contribution in [0, 0.1) is 0 Å². The van der Waals surface area contributed by atoms with Crippen LogP contribution in [0.3, 0.4) is 0 Å². The van der Waals surface area contributed by atoms with Crippen LogP contribution in [0.25, 0.3) is 0 Å². The Balaban J connectivity index is 1.56. The van der Waals surface area contributed by atoms with E-state index >= 15 is 0 Å². The summed E-state index contributed by atoms with van der Waals surface area (Å²) in [5.41, 5.74) is 3.66. The number of nitrogens with one attached hydrogen (secondary N) is 1. The topological polar surface area (TPSA) is 76.9 Å². The molecule has 4 rings (SSSR count). The van der Waals surface area contributed by atoms with Crippen LogP contribution >= 0.6 is 0 Å². The number of phenols is 1. The van der Waals surface area contributed by atoms with E-state index in [0.717, 1.165) is 37.9 Å². The van der Waals surface area contributed by atoms with Crippen molar-refractivity contribution in [1.29, 1.82) is 0 Å². The maximum absolute atomic E-state index is 9.83. The van der Waals surface area contributed by atoms with E-state index in [0.29, 0.717) is 11.4 Å². The molecule has 0 aliphatic carbocycles. The van der Waals surface area contributed by atoms with Gasteiger partial charge in [0.25, 0.3) is 0 Å². The Kier molecular flexibility index (Phi) is 4.86. The minimum atomic E-state index is 0.205. The highest BCUT2D eigenvalue weighted by molar-refractivity contribution is 5.83. The van der Waals surface area contributed by atoms with Gasteiger partial charge in [0, 0.05) is 37.8 Å². The smallest absolute Gasteiger partial charge is 0.229 e. The van der Waals surface area contributed by atoms with Crippen LogP contribution in [-0.4, -0.2) is 47.5 Å².